The van der Waals surface area contributed by atoms with Gasteiger partial charge in [-0.2, -0.15) is 0 Å². The van der Waals surface area contributed by atoms with E-state index in [2.05, 4.69) is 12.2 Å². The van der Waals surface area contributed by atoms with Crippen molar-refractivity contribution in [2.24, 2.45) is 5.92 Å². The Kier molecular flexibility index (Phi) is 4.23. The lowest BCUT2D eigenvalue weighted by Crippen LogP contribution is -2.51. The Morgan fingerprint density at radius 2 is 2.20 bits per heavy atom. The number of aliphatic hydroxyl groups is 1. The van der Waals surface area contributed by atoms with Crippen LogP contribution in [-0.2, 0) is 11.2 Å². The minimum atomic E-state index is -0.602. The lowest BCUT2D eigenvalue weighted by Gasteiger charge is -2.29. The number of carbonyl (C=O) groups is 1. The molecule has 2 rings (SSSR count). The van der Waals surface area contributed by atoms with Crippen LogP contribution in [0, 0.1) is 5.92 Å². The summed E-state index contributed by atoms with van der Waals surface area (Å²) in [6.45, 7) is 7.53. The molecule has 0 aromatic carbocycles. The highest BCUT2D eigenvalue weighted by Gasteiger charge is 2.36. The number of amides is 1. The SMILES string of the molecule is CC1CC1c1ccc(CCC(=O)NC(C)(C)C(C)O)o1. The smallest absolute Gasteiger partial charge is 0.220 e. The first kappa shape index (κ1) is 15.1. The van der Waals surface area contributed by atoms with Crippen molar-refractivity contribution in [1.29, 1.82) is 0 Å². The van der Waals surface area contributed by atoms with Crippen LogP contribution in [0.1, 0.15) is 58.0 Å². The molecular weight excluding hydrogens is 254 g/mol. The Morgan fingerprint density at radius 1 is 1.55 bits per heavy atom. The summed E-state index contributed by atoms with van der Waals surface area (Å²) < 4.78 is 5.78. The number of aliphatic hydroxyl groups excluding tert-OH is 1. The van der Waals surface area contributed by atoms with E-state index in [1.807, 2.05) is 26.0 Å². The molecule has 1 amide bonds. The molecule has 4 nitrogen and oxygen atoms in total. The maximum Gasteiger partial charge on any atom is 0.220 e. The maximum atomic E-state index is 11.9. The van der Waals surface area contributed by atoms with Crippen LogP contribution in [0.4, 0.5) is 0 Å². The van der Waals surface area contributed by atoms with Gasteiger partial charge in [0.1, 0.15) is 11.5 Å². The fraction of sp³-hybridized carbons (Fsp3) is 0.688. The van der Waals surface area contributed by atoms with E-state index in [1.54, 1.807) is 6.92 Å². The molecule has 20 heavy (non-hydrogen) atoms. The van der Waals surface area contributed by atoms with Crippen LogP contribution >= 0.6 is 0 Å². The Labute approximate surface area is 120 Å². The van der Waals surface area contributed by atoms with Crippen molar-refractivity contribution >= 4 is 5.91 Å². The quantitative estimate of drug-likeness (QED) is 0.841. The van der Waals surface area contributed by atoms with E-state index in [9.17, 15) is 9.90 Å². The van der Waals surface area contributed by atoms with E-state index in [4.69, 9.17) is 4.42 Å². The highest BCUT2D eigenvalue weighted by Crippen LogP contribution is 2.47. The summed E-state index contributed by atoms with van der Waals surface area (Å²) in [5.74, 6) is 3.16. The number of rotatable bonds is 6. The summed E-state index contributed by atoms with van der Waals surface area (Å²) in [5, 5.41) is 12.4. The molecule has 1 heterocycles. The van der Waals surface area contributed by atoms with Crippen molar-refractivity contribution in [2.45, 2.75) is 64.5 Å². The molecular formula is C16H25NO3. The first-order valence-electron chi connectivity index (χ1n) is 7.37. The van der Waals surface area contributed by atoms with Crippen LogP contribution in [0.15, 0.2) is 16.5 Å². The van der Waals surface area contributed by atoms with Gasteiger partial charge in [-0.05, 0) is 45.2 Å². The molecule has 0 bridgehead atoms. The van der Waals surface area contributed by atoms with Gasteiger partial charge < -0.3 is 14.8 Å². The molecule has 0 aliphatic heterocycles. The number of hydrogen-bond donors (Lipinski definition) is 2. The zero-order valence-electron chi connectivity index (χ0n) is 12.8. The Morgan fingerprint density at radius 3 is 2.75 bits per heavy atom. The number of nitrogens with one attached hydrogen (secondary N) is 1. The molecule has 0 spiro atoms. The van der Waals surface area contributed by atoms with Gasteiger partial charge in [0.25, 0.3) is 0 Å². The highest BCUT2D eigenvalue weighted by molar-refractivity contribution is 5.77. The third-order valence-corrected chi connectivity index (χ3v) is 4.26. The molecule has 1 fully saturated rings. The van der Waals surface area contributed by atoms with E-state index < -0.39 is 11.6 Å². The predicted octanol–water partition coefficient (Wildman–Crippen LogP) is 2.61. The molecule has 1 aliphatic carbocycles. The molecule has 1 aromatic rings. The van der Waals surface area contributed by atoms with E-state index in [0.29, 0.717) is 18.8 Å². The lowest BCUT2D eigenvalue weighted by atomic mass is 9.98. The third-order valence-electron chi connectivity index (χ3n) is 4.26. The second-order valence-corrected chi connectivity index (χ2v) is 6.57. The summed E-state index contributed by atoms with van der Waals surface area (Å²) >= 11 is 0. The summed E-state index contributed by atoms with van der Waals surface area (Å²) in [4.78, 5) is 11.9. The summed E-state index contributed by atoms with van der Waals surface area (Å²) in [5.41, 5.74) is -0.602. The minimum Gasteiger partial charge on any atom is -0.466 e. The predicted molar refractivity (Wildman–Crippen MR) is 77.5 cm³/mol. The topological polar surface area (TPSA) is 62.5 Å². The molecule has 0 saturated heterocycles. The Hall–Kier alpha value is -1.29. The van der Waals surface area contributed by atoms with Crippen molar-refractivity contribution in [3.63, 3.8) is 0 Å². The normalized spacial score (nSPS) is 23.4. The van der Waals surface area contributed by atoms with Crippen molar-refractivity contribution in [3.8, 4) is 0 Å². The Balaban J connectivity index is 1.80. The fourth-order valence-corrected chi connectivity index (χ4v) is 2.21. The second-order valence-electron chi connectivity index (χ2n) is 6.57. The lowest BCUT2D eigenvalue weighted by molar-refractivity contribution is -0.124. The highest BCUT2D eigenvalue weighted by atomic mass is 16.3. The average Bonchev–Trinajstić information content (AvgIpc) is 2.90. The number of aryl methyl sites for hydroxylation is 1. The van der Waals surface area contributed by atoms with Crippen molar-refractivity contribution < 1.29 is 14.3 Å². The van der Waals surface area contributed by atoms with Gasteiger partial charge >= 0.3 is 0 Å². The van der Waals surface area contributed by atoms with Crippen LogP contribution in [0.25, 0.3) is 0 Å². The maximum absolute atomic E-state index is 11.9. The number of carbonyl (C=O) groups excluding carboxylic acids is 1. The molecule has 3 unspecified atom stereocenters. The van der Waals surface area contributed by atoms with Gasteiger partial charge in [-0.3, -0.25) is 4.79 Å². The Bertz CT molecular complexity index is 476. The zero-order chi connectivity index (χ0) is 14.9. The second kappa shape index (κ2) is 5.60. The zero-order valence-corrected chi connectivity index (χ0v) is 12.8. The van der Waals surface area contributed by atoms with Crippen molar-refractivity contribution in [1.82, 2.24) is 5.32 Å². The van der Waals surface area contributed by atoms with E-state index in [0.717, 1.165) is 17.4 Å². The molecule has 1 aromatic heterocycles. The van der Waals surface area contributed by atoms with Gasteiger partial charge in [-0.25, -0.2) is 0 Å². The number of hydrogen-bond acceptors (Lipinski definition) is 3. The third kappa shape index (κ3) is 3.63. The molecule has 112 valence electrons. The van der Waals surface area contributed by atoms with Crippen LogP contribution < -0.4 is 5.32 Å². The van der Waals surface area contributed by atoms with E-state index in [1.165, 1.54) is 6.42 Å². The largest absolute Gasteiger partial charge is 0.466 e. The van der Waals surface area contributed by atoms with Crippen molar-refractivity contribution in [2.75, 3.05) is 0 Å². The van der Waals surface area contributed by atoms with Crippen LogP contribution in [0.5, 0.6) is 0 Å². The molecule has 1 aliphatic rings. The summed E-state index contributed by atoms with van der Waals surface area (Å²) in [6.07, 6.45) is 1.60. The molecule has 1 saturated carbocycles. The molecule has 4 heteroatoms. The minimum absolute atomic E-state index is 0.0614. The van der Waals surface area contributed by atoms with Gasteiger partial charge in [-0.15, -0.1) is 0 Å². The average molecular weight is 279 g/mol. The van der Waals surface area contributed by atoms with Crippen LogP contribution in [0.2, 0.25) is 0 Å². The van der Waals surface area contributed by atoms with Crippen molar-refractivity contribution in [3.05, 3.63) is 23.7 Å². The summed E-state index contributed by atoms with van der Waals surface area (Å²) in [7, 11) is 0. The summed E-state index contributed by atoms with van der Waals surface area (Å²) in [6, 6.07) is 3.99. The van der Waals surface area contributed by atoms with Gasteiger partial charge in [0.15, 0.2) is 0 Å². The first-order chi connectivity index (χ1) is 9.29. The molecule has 0 radical (unpaired) electrons. The first-order valence-corrected chi connectivity index (χ1v) is 7.37. The molecule has 3 atom stereocenters. The number of furan rings is 1. The van der Waals surface area contributed by atoms with Crippen LogP contribution in [-0.4, -0.2) is 22.7 Å². The van der Waals surface area contributed by atoms with Gasteiger partial charge in [0, 0.05) is 18.8 Å². The van der Waals surface area contributed by atoms with Gasteiger partial charge in [0.05, 0.1) is 11.6 Å². The van der Waals surface area contributed by atoms with Crippen LogP contribution in [0.3, 0.4) is 0 Å². The van der Waals surface area contributed by atoms with Gasteiger partial charge in [-0.1, -0.05) is 6.92 Å². The standard InChI is InChI=1S/C16H25NO3/c1-10-9-13(10)14-7-5-12(20-14)6-8-15(19)17-16(3,4)11(2)18/h5,7,10-11,13,18H,6,8-9H2,1-4H3,(H,17,19). The van der Waals surface area contributed by atoms with E-state index in [-0.39, 0.29) is 5.91 Å². The monoisotopic (exact) mass is 279 g/mol. The van der Waals surface area contributed by atoms with E-state index >= 15 is 0 Å². The van der Waals surface area contributed by atoms with Gasteiger partial charge in [0.2, 0.25) is 5.91 Å². The fourth-order valence-electron chi connectivity index (χ4n) is 2.21. The molecule has 2 N–H and O–H groups in total.